The first kappa shape index (κ1) is 18.5. The second-order valence-electron chi connectivity index (χ2n) is 4.90. The summed E-state index contributed by atoms with van der Waals surface area (Å²) in [5, 5.41) is 0.274. The highest BCUT2D eigenvalue weighted by molar-refractivity contribution is 7.98. The van der Waals surface area contributed by atoms with Gasteiger partial charge >= 0.3 is 6.18 Å². The Hall–Kier alpha value is -1.86. The molecule has 0 aromatic heterocycles. The van der Waals surface area contributed by atoms with E-state index in [1.807, 2.05) is 6.26 Å². The fraction of sp³-hybridized carbons (Fsp3) is 0.188. The van der Waals surface area contributed by atoms with Crippen molar-refractivity contribution in [1.82, 2.24) is 0 Å². The van der Waals surface area contributed by atoms with E-state index < -0.39 is 17.6 Å². The summed E-state index contributed by atoms with van der Waals surface area (Å²) in [5.41, 5.74) is 4.25. The monoisotopic (exact) mass is 375 g/mol. The van der Waals surface area contributed by atoms with Gasteiger partial charge in [-0.3, -0.25) is 4.79 Å². The normalized spacial score (nSPS) is 11.4. The molecule has 2 aromatic carbocycles. The molecule has 0 heterocycles. The Labute approximate surface area is 145 Å². The van der Waals surface area contributed by atoms with Crippen molar-refractivity contribution in [3.05, 3.63) is 52.5 Å². The fourth-order valence-corrected chi connectivity index (χ4v) is 2.73. The highest BCUT2D eigenvalue weighted by Crippen LogP contribution is 2.36. The van der Waals surface area contributed by atoms with Crippen LogP contribution in [-0.4, -0.2) is 12.2 Å². The van der Waals surface area contributed by atoms with E-state index >= 15 is 0 Å². The summed E-state index contributed by atoms with van der Waals surface area (Å²) in [6.45, 7) is 0. The SMILES string of the molecule is CSc1ccc(Oc2cc(CC(N)=O)cc(C(F)(F)F)c2)c(Cl)c1. The first-order chi connectivity index (χ1) is 11.2. The summed E-state index contributed by atoms with van der Waals surface area (Å²) in [6, 6.07) is 8.02. The third-order valence-corrected chi connectivity index (χ3v) is 4.06. The second kappa shape index (κ2) is 7.36. The molecule has 2 rings (SSSR count). The van der Waals surface area contributed by atoms with Gasteiger partial charge in [0.2, 0.25) is 5.91 Å². The number of rotatable bonds is 5. The Balaban J connectivity index is 2.40. The predicted octanol–water partition coefficient (Wildman–Crippen LogP) is 4.90. The van der Waals surface area contributed by atoms with Crippen molar-refractivity contribution in [2.75, 3.05) is 6.26 Å². The number of ether oxygens (including phenoxy) is 1. The van der Waals surface area contributed by atoms with Gasteiger partial charge < -0.3 is 10.5 Å². The van der Waals surface area contributed by atoms with Gasteiger partial charge in [0, 0.05) is 4.90 Å². The molecule has 0 aliphatic rings. The van der Waals surface area contributed by atoms with E-state index in [2.05, 4.69) is 0 Å². The van der Waals surface area contributed by atoms with Crippen LogP contribution in [0.2, 0.25) is 5.02 Å². The number of nitrogens with two attached hydrogens (primary N) is 1. The second-order valence-corrected chi connectivity index (χ2v) is 6.19. The van der Waals surface area contributed by atoms with E-state index in [1.54, 1.807) is 18.2 Å². The highest BCUT2D eigenvalue weighted by atomic mass is 35.5. The molecule has 8 heteroatoms. The Kier molecular flexibility index (Phi) is 5.66. The van der Waals surface area contributed by atoms with Gasteiger partial charge in [0.25, 0.3) is 0 Å². The largest absolute Gasteiger partial charge is 0.456 e. The van der Waals surface area contributed by atoms with Gasteiger partial charge in [-0.15, -0.1) is 11.8 Å². The van der Waals surface area contributed by atoms with Gasteiger partial charge in [-0.25, -0.2) is 0 Å². The summed E-state index contributed by atoms with van der Waals surface area (Å²) < 4.78 is 44.5. The quantitative estimate of drug-likeness (QED) is 0.756. The van der Waals surface area contributed by atoms with E-state index in [9.17, 15) is 18.0 Å². The molecule has 0 saturated carbocycles. The third kappa shape index (κ3) is 4.82. The van der Waals surface area contributed by atoms with Crippen molar-refractivity contribution in [1.29, 1.82) is 0 Å². The van der Waals surface area contributed by atoms with Gasteiger partial charge in [-0.05, 0) is 48.2 Å². The fourth-order valence-electron chi connectivity index (χ4n) is 2.00. The van der Waals surface area contributed by atoms with Crippen molar-refractivity contribution >= 4 is 29.3 Å². The number of hydrogen-bond donors (Lipinski definition) is 1. The summed E-state index contributed by atoms with van der Waals surface area (Å²) in [5.74, 6) is -0.582. The van der Waals surface area contributed by atoms with E-state index in [-0.39, 0.29) is 28.5 Å². The van der Waals surface area contributed by atoms with Crippen LogP contribution in [0, 0.1) is 0 Å². The lowest BCUT2D eigenvalue weighted by Crippen LogP contribution is -2.14. The molecule has 3 nitrogen and oxygen atoms in total. The van der Waals surface area contributed by atoms with Crippen LogP contribution in [0.4, 0.5) is 13.2 Å². The van der Waals surface area contributed by atoms with Crippen LogP contribution in [0.3, 0.4) is 0 Å². The smallest absolute Gasteiger partial charge is 0.416 e. The molecule has 2 N–H and O–H groups in total. The molecule has 2 aromatic rings. The zero-order valence-corrected chi connectivity index (χ0v) is 14.1. The number of hydrogen-bond acceptors (Lipinski definition) is 3. The first-order valence-corrected chi connectivity index (χ1v) is 8.30. The Morgan fingerprint density at radius 2 is 1.96 bits per heavy atom. The number of primary amides is 1. The van der Waals surface area contributed by atoms with Crippen molar-refractivity contribution in [3.8, 4) is 11.5 Å². The Morgan fingerprint density at radius 3 is 2.50 bits per heavy atom. The molecule has 0 unspecified atom stereocenters. The van der Waals surface area contributed by atoms with E-state index in [1.165, 1.54) is 17.8 Å². The van der Waals surface area contributed by atoms with E-state index in [0.29, 0.717) is 0 Å². The minimum absolute atomic E-state index is 0.0696. The maximum absolute atomic E-state index is 13.0. The van der Waals surface area contributed by atoms with Gasteiger partial charge in [-0.1, -0.05) is 11.6 Å². The first-order valence-electron chi connectivity index (χ1n) is 6.70. The van der Waals surface area contributed by atoms with Crippen LogP contribution < -0.4 is 10.5 Å². The number of carbonyl (C=O) groups excluding carboxylic acids is 1. The number of benzene rings is 2. The molecular weight excluding hydrogens is 363 g/mol. The molecule has 0 fully saturated rings. The molecule has 24 heavy (non-hydrogen) atoms. The molecular formula is C16H13ClF3NO2S. The topological polar surface area (TPSA) is 52.3 Å². The van der Waals surface area contributed by atoms with Gasteiger partial charge in [0.15, 0.2) is 0 Å². The van der Waals surface area contributed by atoms with Gasteiger partial charge in [0.1, 0.15) is 11.5 Å². The van der Waals surface area contributed by atoms with Crippen molar-refractivity contribution < 1.29 is 22.7 Å². The minimum atomic E-state index is -4.57. The molecule has 0 atom stereocenters. The highest BCUT2D eigenvalue weighted by Gasteiger charge is 2.31. The third-order valence-electron chi connectivity index (χ3n) is 3.04. The lowest BCUT2D eigenvalue weighted by molar-refractivity contribution is -0.137. The zero-order valence-electron chi connectivity index (χ0n) is 12.5. The number of carbonyl (C=O) groups is 1. The summed E-state index contributed by atoms with van der Waals surface area (Å²) in [7, 11) is 0. The zero-order chi connectivity index (χ0) is 17.9. The minimum Gasteiger partial charge on any atom is -0.456 e. The van der Waals surface area contributed by atoms with Crippen LogP contribution in [0.1, 0.15) is 11.1 Å². The van der Waals surface area contributed by atoms with Crippen LogP contribution >= 0.6 is 23.4 Å². The molecule has 128 valence electrons. The lowest BCUT2D eigenvalue weighted by Gasteiger charge is -2.13. The summed E-state index contributed by atoms with van der Waals surface area (Å²) in [6.07, 6.45) is -3.02. The number of amides is 1. The number of halogens is 4. The summed E-state index contributed by atoms with van der Waals surface area (Å²) >= 11 is 7.55. The van der Waals surface area contributed by atoms with Crippen LogP contribution in [0.15, 0.2) is 41.3 Å². The van der Waals surface area contributed by atoms with Gasteiger partial charge in [0.05, 0.1) is 17.0 Å². The van der Waals surface area contributed by atoms with Gasteiger partial charge in [-0.2, -0.15) is 13.2 Å². The summed E-state index contributed by atoms with van der Waals surface area (Å²) in [4.78, 5) is 11.9. The number of thioether (sulfide) groups is 1. The standard InChI is InChI=1S/C16H13ClF3NO2S/c1-24-12-2-3-14(13(17)8-12)23-11-5-9(6-15(21)22)4-10(7-11)16(18,19)20/h2-5,7-8H,6H2,1H3,(H2,21,22). The number of alkyl halides is 3. The van der Waals surface area contributed by atoms with E-state index in [4.69, 9.17) is 22.1 Å². The molecule has 0 saturated heterocycles. The van der Waals surface area contributed by atoms with E-state index in [0.717, 1.165) is 17.0 Å². The molecule has 0 aliphatic carbocycles. The molecule has 0 aliphatic heterocycles. The molecule has 0 spiro atoms. The maximum atomic E-state index is 13.0. The predicted molar refractivity (Wildman–Crippen MR) is 87.6 cm³/mol. The van der Waals surface area contributed by atoms with Crippen LogP contribution in [-0.2, 0) is 17.4 Å². The molecule has 1 amide bonds. The van der Waals surface area contributed by atoms with Crippen LogP contribution in [0.5, 0.6) is 11.5 Å². The molecule has 0 radical (unpaired) electrons. The van der Waals surface area contributed by atoms with Crippen molar-refractivity contribution in [2.24, 2.45) is 5.73 Å². The Morgan fingerprint density at radius 1 is 1.25 bits per heavy atom. The maximum Gasteiger partial charge on any atom is 0.416 e. The average Bonchev–Trinajstić information content (AvgIpc) is 2.47. The van der Waals surface area contributed by atoms with Crippen molar-refractivity contribution in [2.45, 2.75) is 17.5 Å². The lowest BCUT2D eigenvalue weighted by atomic mass is 10.1. The van der Waals surface area contributed by atoms with Crippen LogP contribution in [0.25, 0.3) is 0 Å². The Bertz CT molecular complexity index is 765. The van der Waals surface area contributed by atoms with Crippen molar-refractivity contribution in [3.63, 3.8) is 0 Å². The molecule has 0 bridgehead atoms. The average molecular weight is 376 g/mol.